The molecule has 7 aromatic rings. The van der Waals surface area contributed by atoms with E-state index in [1.165, 1.54) is 21.9 Å². The first-order valence-corrected chi connectivity index (χ1v) is 14.2. The van der Waals surface area contributed by atoms with E-state index in [4.69, 9.17) is 9.97 Å². The Kier molecular flexibility index (Phi) is 6.44. The maximum atomic E-state index is 5.18. The molecule has 0 unspecified atom stereocenters. The SMILES string of the molecule is Cc1ccc(-c2ccnc(-c3cc(-c4ccc5ccc6cccc(C)c6c5n4)ccc3C)c2)cc1Nc1ccccn1. The number of aromatic nitrogens is 3. The van der Waals surface area contributed by atoms with Crippen molar-refractivity contribution in [3.63, 3.8) is 0 Å². The summed E-state index contributed by atoms with van der Waals surface area (Å²) >= 11 is 0. The van der Waals surface area contributed by atoms with Crippen LogP contribution in [0.4, 0.5) is 11.5 Å². The second kappa shape index (κ2) is 10.6. The summed E-state index contributed by atoms with van der Waals surface area (Å²) in [6, 6.07) is 38.2. The van der Waals surface area contributed by atoms with Crippen molar-refractivity contribution < 1.29 is 0 Å². The van der Waals surface area contributed by atoms with Crippen molar-refractivity contribution >= 4 is 33.2 Å². The number of anilines is 2. The average molecular weight is 543 g/mol. The maximum Gasteiger partial charge on any atom is 0.130 e. The summed E-state index contributed by atoms with van der Waals surface area (Å²) < 4.78 is 0. The molecule has 3 aromatic heterocycles. The summed E-state index contributed by atoms with van der Waals surface area (Å²) in [7, 11) is 0. The van der Waals surface area contributed by atoms with Gasteiger partial charge in [0.15, 0.2) is 0 Å². The third kappa shape index (κ3) is 4.77. The molecule has 0 saturated carbocycles. The van der Waals surface area contributed by atoms with Crippen molar-refractivity contribution in [2.75, 3.05) is 5.32 Å². The van der Waals surface area contributed by atoms with Gasteiger partial charge in [0.25, 0.3) is 0 Å². The normalized spacial score (nSPS) is 11.2. The van der Waals surface area contributed by atoms with E-state index in [0.717, 1.165) is 61.6 Å². The van der Waals surface area contributed by atoms with Gasteiger partial charge in [0.05, 0.1) is 16.9 Å². The van der Waals surface area contributed by atoms with Crippen molar-refractivity contribution in [1.29, 1.82) is 0 Å². The Bertz CT molecular complexity index is 2100. The van der Waals surface area contributed by atoms with Gasteiger partial charge >= 0.3 is 0 Å². The van der Waals surface area contributed by atoms with Gasteiger partial charge in [-0.05, 0) is 96.4 Å². The smallest absolute Gasteiger partial charge is 0.130 e. The van der Waals surface area contributed by atoms with Gasteiger partial charge in [-0.15, -0.1) is 0 Å². The van der Waals surface area contributed by atoms with Crippen LogP contribution in [0, 0.1) is 20.8 Å². The number of nitrogens with one attached hydrogen (secondary N) is 1. The van der Waals surface area contributed by atoms with E-state index < -0.39 is 0 Å². The fourth-order valence-electron chi connectivity index (χ4n) is 5.62. The van der Waals surface area contributed by atoms with E-state index in [9.17, 15) is 0 Å². The monoisotopic (exact) mass is 542 g/mol. The van der Waals surface area contributed by atoms with Gasteiger partial charge in [-0.3, -0.25) is 4.98 Å². The lowest BCUT2D eigenvalue weighted by atomic mass is 9.96. The second-order valence-electron chi connectivity index (χ2n) is 10.8. The molecule has 0 radical (unpaired) electrons. The predicted octanol–water partition coefficient (Wildman–Crippen LogP) is 9.85. The number of aryl methyl sites for hydroxylation is 3. The number of nitrogens with zero attached hydrogens (tertiary/aromatic N) is 3. The quantitative estimate of drug-likeness (QED) is 0.220. The van der Waals surface area contributed by atoms with Crippen LogP contribution in [0.25, 0.3) is 55.3 Å². The van der Waals surface area contributed by atoms with Gasteiger partial charge in [0.1, 0.15) is 5.82 Å². The topological polar surface area (TPSA) is 50.7 Å². The average Bonchev–Trinajstić information content (AvgIpc) is 3.02. The number of rotatable bonds is 5. The van der Waals surface area contributed by atoms with Gasteiger partial charge in [0.2, 0.25) is 0 Å². The molecular weight excluding hydrogens is 512 g/mol. The molecule has 4 aromatic carbocycles. The largest absolute Gasteiger partial charge is 0.340 e. The zero-order valence-corrected chi connectivity index (χ0v) is 23.9. The number of pyridine rings is 3. The summed E-state index contributed by atoms with van der Waals surface area (Å²) in [5, 5.41) is 7.04. The molecule has 42 heavy (non-hydrogen) atoms. The zero-order chi connectivity index (χ0) is 28.6. The summed E-state index contributed by atoms with van der Waals surface area (Å²) in [5.74, 6) is 0.825. The van der Waals surface area contributed by atoms with Gasteiger partial charge < -0.3 is 5.32 Å². The lowest BCUT2D eigenvalue weighted by Gasteiger charge is -2.13. The molecule has 0 bridgehead atoms. The third-order valence-corrected chi connectivity index (χ3v) is 7.98. The van der Waals surface area contributed by atoms with E-state index in [1.807, 2.05) is 24.4 Å². The molecule has 0 spiro atoms. The molecule has 4 nitrogen and oxygen atoms in total. The van der Waals surface area contributed by atoms with Crippen LogP contribution in [0.1, 0.15) is 16.7 Å². The van der Waals surface area contributed by atoms with Crippen molar-refractivity contribution in [2.45, 2.75) is 20.8 Å². The van der Waals surface area contributed by atoms with E-state index >= 15 is 0 Å². The molecule has 202 valence electrons. The number of benzene rings is 4. The van der Waals surface area contributed by atoms with E-state index in [-0.39, 0.29) is 0 Å². The van der Waals surface area contributed by atoms with Crippen LogP contribution < -0.4 is 5.32 Å². The first kappa shape index (κ1) is 25.6. The van der Waals surface area contributed by atoms with Gasteiger partial charge in [-0.25, -0.2) is 9.97 Å². The van der Waals surface area contributed by atoms with Gasteiger partial charge in [-0.2, -0.15) is 0 Å². The molecule has 0 amide bonds. The fraction of sp³-hybridized carbons (Fsp3) is 0.0789. The Morgan fingerprint density at radius 3 is 2.21 bits per heavy atom. The predicted molar refractivity (Wildman–Crippen MR) is 175 cm³/mol. The van der Waals surface area contributed by atoms with E-state index in [2.05, 4.69) is 122 Å². The highest BCUT2D eigenvalue weighted by atomic mass is 15.0. The Hall–Kier alpha value is -5.35. The van der Waals surface area contributed by atoms with Crippen molar-refractivity contribution in [3.05, 3.63) is 138 Å². The van der Waals surface area contributed by atoms with Crippen molar-refractivity contribution in [1.82, 2.24) is 15.0 Å². The molecular formula is C38H30N4. The minimum absolute atomic E-state index is 0.825. The summed E-state index contributed by atoms with van der Waals surface area (Å²) in [6.07, 6.45) is 3.69. The zero-order valence-electron chi connectivity index (χ0n) is 23.9. The van der Waals surface area contributed by atoms with Crippen LogP contribution in [-0.2, 0) is 0 Å². The molecule has 0 atom stereocenters. The molecule has 1 N–H and O–H groups in total. The maximum absolute atomic E-state index is 5.18. The van der Waals surface area contributed by atoms with Crippen LogP contribution >= 0.6 is 0 Å². The summed E-state index contributed by atoms with van der Waals surface area (Å²) in [4.78, 5) is 14.4. The van der Waals surface area contributed by atoms with Crippen LogP contribution in [0.3, 0.4) is 0 Å². The Labute approximate surface area is 245 Å². The van der Waals surface area contributed by atoms with Crippen LogP contribution in [-0.4, -0.2) is 15.0 Å². The van der Waals surface area contributed by atoms with Crippen molar-refractivity contribution in [3.8, 4) is 33.6 Å². The lowest BCUT2D eigenvalue weighted by molar-refractivity contribution is 1.29. The molecule has 3 heterocycles. The lowest BCUT2D eigenvalue weighted by Crippen LogP contribution is -1.96. The van der Waals surface area contributed by atoms with Gasteiger partial charge in [-0.1, -0.05) is 66.7 Å². The standard InChI is InChI=1S/C38H30N4/c1-24-10-13-31(33-17-16-28-15-14-27-8-6-7-26(3)37(27)38(28)42-33)21-32(24)35-23-30(18-20-39-35)29-12-11-25(2)34(22-29)41-36-9-4-5-19-40-36/h4-23H,1-3H3,(H,40,41). The van der Waals surface area contributed by atoms with Crippen LogP contribution in [0.15, 0.2) is 122 Å². The highest BCUT2D eigenvalue weighted by molar-refractivity contribution is 6.07. The highest BCUT2D eigenvalue weighted by Gasteiger charge is 2.12. The first-order valence-electron chi connectivity index (χ1n) is 14.2. The third-order valence-electron chi connectivity index (χ3n) is 7.98. The van der Waals surface area contributed by atoms with Crippen LogP contribution in [0.5, 0.6) is 0 Å². The van der Waals surface area contributed by atoms with Crippen molar-refractivity contribution in [2.24, 2.45) is 0 Å². The van der Waals surface area contributed by atoms with E-state index in [1.54, 1.807) is 6.20 Å². The summed E-state index contributed by atoms with van der Waals surface area (Å²) in [5.41, 5.74) is 12.0. The van der Waals surface area contributed by atoms with Gasteiger partial charge in [0, 0.05) is 40.0 Å². The second-order valence-corrected chi connectivity index (χ2v) is 10.8. The van der Waals surface area contributed by atoms with E-state index in [0.29, 0.717) is 0 Å². The minimum atomic E-state index is 0.825. The van der Waals surface area contributed by atoms with Crippen LogP contribution in [0.2, 0.25) is 0 Å². The fourth-order valence-corrected chi connectivity index (χ4v) is 5.62. The Morgan fingerprint density at radius 1 is 0.524 bits per heavy atom. The summed E-state index contributed by atoms with van der Waals surface area (Å²) in [6.45, 7) is 6.40. The number of fused-ring (bicyclic) bond motifs is 3. The molecule has 0 aliphatic rings. The molecule has 0 aliphatic heterocycles. The first-order chi connectivity index (χ1) is 20.5. The molecule has 0 saturated heterocycles. The Balaban J connectivity index is 1.27. The number of hydrogen-bond donors (Lipinski definition) is 1. The highest BCUT2D eigenvalue weighted by Crippen LogP contribution is 2.34. The number of hydrogen-bond acceptors (Lipinski definition) is 4. The molecule has 0 aliphatic carbocycles. The minimum Gasteiger partial charge on any atom is -0.340 e. The molecule has 4 heteroatoms. The molecule has 0 fully saturated rings. The Morgan fingerprint density at radius 2 is 1.33 bits per heavy atom. The molecule has 7 rings (SSSR count).